The fraction of sp³-hybridized carbons (Fsp3) is 0.231. The Balaban J connectivity index is 1.52. The topological polar surface area (TPSA) is 80.6 Å². The molecule has 0 bridgehead atoms. The van der Waals surface area contributed by atoms with Crippen LogP contribution in [0.15, 0.2) is 65.6 Å². The number of hydrogen-bond acceptors (Lipinski definition) is 6. The highest BCUT2D eigenvalue weighted by Crippen LogP contribution is 2.26. The van der Waals surface area contributed by atoms with Gasteiger partial charge in [-0.25, -0.2) is 14.5 Å². The van der Waals surface area contributed by atoms with E-state index in [0.29, 0.717) is 57.9 Å². The van der Waals surface area contributed by atoms with Crippen LogP contribution in [0.4, 0.5) is 5.69 Å². The van der Waals surface area contributed by atoms with Crippen molar-refractivity contribution in [1.82, 2.24) is 19.4 Å². The number of benzene rings is 2. The monoisotopic (exact) mass is 523 g/mol. The number of amides is 1. The molecule has 8 nitrogen and oxygen atoms in total. The van der Waals surface area contributed by atoms with Crippen LogP contribution in [0.25, 0.3) is 28.1 Å². The van der Waals surface area contributed by atoms with Gasteiger partial charge in [0, 0.05) is 42.6 Å². The molecule has 1 aliphatic rings. The molecule has 2 aromatic heterocycles. The maximum Gasteiger partial charge on any atom is 0.267 e. The number of aromatic nitrogens is 3. The summed E-state index contributed by atoms with van der Waals surface area (Å²) in [6.07, 6.45) is 1.48. The van der Waals surface area contributed by atoms with Crippen molar-refractivity contribution in [3.8, 4) is 17.2 Å². The number of fused-ring (bicyclic) bond motifs is 1. The molecule has 1 amide bonds. The Kier molecular flexibility index (Phi) is 7.02. The average Bonchev–Trinajstić information content (AvgIpc) is 2.90. The molecule has 3 heterocycles. The highest BCUT2D eigenvalue weighted by atomic mass is 35.5. The molecule has 1 aliphatic heterocycles. The van der Waals surface area contributed by atoms with Crippen molar-refractivity contribution in [2.45, 2.75) is 0 Å². The van der Waals surface area contributed by atoms with E-state index in [-0.39, 0.29) is 11.5 Å². The summed E-state index contributed by atoms with van der Waals surface area (Å²) in [4.78, 5) is 39.2. The molecule has 0 unspecified atom stereocenters. The number of anilines is 1. The normalized spacial score (nSPS) is 14.2. The summed E-state index contributed by atoms with van der Waals surface area (Å²) in [6, 6.07) is 15.7. The van der Waals surface area contributed by atoms with E-state index < -0.39 is 0 Å². The van der Waals surface area contributed by atoms with Crippen LogP contribution in [0.5, 0.6) is 0 Å². The van der Waals surface area contributed by atoms with Crippen LogP contribution >= 0.6 is 23.2 Å². The molecule has 0 aliphatic carbocycles. The highest BCUT2D eigenvalue weighted by Gasteiger charge is 2.19. The number of nitrogens with zero attached hydrogens (tertiary/aromatic N) is 5. The molecule has 1 saturated heterocycles. The maximum atomic E-state index is 13.5. The zero-order valence-corrected chi connectivity index (χ0v) is 21.0. The molecule has 5 rings (SSSR count). The van der Waals surface area contributed by atoms with Gasteiger partial charge < -0.3 is 9.64 Å². The number of pyridine rings is 1. The molecule has 4 aromatic rings. The van der Waals surface area contributed by atoms with Gasteiger partial charge in [-0.2, -0.15) is 0 Å². The van der Waals surface area contributed by atoms with Crippen molar-refractivity contribution in [3.63, 3.8) is 0 Å². The van der Waals surface area contributed by atoms with E-state index in [1.165, 1.54) is 10.8 Å². The highest BCUT2D eigenvalue weighted by molar-refractivity contribution is 6.31. The van der Waals surface area contributed by atoms with Crippen LogP contribution < -0.4 is 10.5 Å². The number of ether oxygens (including phenoxy) is 1. The number of hydrogen-bond donors (Lipinski definition) is 0. The number of carbonyl (C=O) groups is 1. The van der Waals surface area contributed by atoms with Gasteiger partial charge in [0.15, 0.2) is 0 Å². The van der Waals surface area contributed by atoms with Gasteiger partial charge in [-0.05, 0) is 54.6 Å². The van der Waals surface area contributed by atoms with E-state index in [9.17, 15) is 9.59 Å². The number of carbonyl (C=O) groups excluding carboxylic acids is 1. The van der Waals surface area contributed by atoms with E-state index in [4.69, 9.17) is 32.9 Å². The molecule has 36 heavy (non-hydrogen) atoms. The van der Waals surface area contributed by atoms with Crippen molar-refractivity contribution in [3.05, 3.63) is 81.2 Å². The first-order valence-corrected chi connectivity index (χ1v) is 12.2. The van der Waals surface area contributed by atoms with Crippen LogP contribution in [-0.2, 0) is 9.53 Å². The van der Waals surface area contributed by atoms with E-state index in [1.54, 1.807) is 42.3 Å². The van der Waals surface area contributed by atoms with Gasteiger partial charge >= 0.3 is 0 Å². The van der Waals surface area contributed by atoms with Crippen LogP contribution in [0.2, 0.25) is 10.0 Å². The minimum absolute atomic E-state index is 0.00682. The predicted octanol–water partition coefficient (Wildman–Crippen LogP) is 4.05. The van der Waals surface area contributed by atoms with Crippen molar-refractivity contribution in [2.75, 3.05) is 44.8 Å². The Hall–Kier alpha value is -3.30. The van der Waals surface area contributed by atoms with Gasteiger partial charge in [0.2, 0.25) is 5.91 Å². The summed E-state index contributed by atoms with van der Waals surface area (Å²) in [5, 5.41) is 1.28. The second-order valence-electron chi connectivity index (χ2n) is 8.46. The van der Waals surface area contributed by atoms with E-state index in [2.05, 4.69) is 9.88 Å². The molecule has 10 heteroatoms. The number of morpholine rings is 1. The Morgan fingerprint density at radius 3 is 2.44 bits per heavy atom. The number of likely N-dealkylation sites (N-methyl/N-ethyl adjacent to an activating group) is 1. The number of halogens is 2. The molecule has 0 N–H and O–H groups in total. The number of rotatable bonds is 5. The third-order valence-corrected chi connectivity index (χ3v) is 6.58. The fourth-order valence-electron chi connectivity index (χ4n) is 4.10. The maximum absolute atomic E-state index is 13.5. The Bertz CT molecular complexity index is 1470. The SMILES string of the molecule is CN(C(=O)CN1CCOCC1)c1ccc(-c2nc3ccc(Cl)cc3c(=O)n2-c2ccc(Cl)cn2)cc1. The minimum Gasteiger partial charge on any atom is -0.379 e. The van der Waals surface area contributed by atoms with Crippen LogP contribution in [-0.4, -0.2) is 65.2 Å². The first-order valence-electron chi connectivity index (χ1n) is 11.4. The summed E-state index contributed by atoms with van der Waals surface area (Å²) in [7, 11) is 1.75. The third kappa shape index (κ3) is 4.99. The molecule has 1 fully saturated rings. The average molecular weight is 524 g/mol. The fourth-order valence-corrected chi connectivity index (χ4v) is 4.38. The quantitative estimate of drug-likeness (QED) is 0.392. The first-order chi connectivity index (χ1) is 17.4. The Morgan fingerprint density at radius 2 is 1.75 bits per heavy atom. The standard InChI is InChI=1S/C26H23Cl2N5O3/c1-31(24(34)16-32-10-12-36-13-11-32)20-6-2-17(3-7-20)25-30-22-8-4-18(27)14-21(22)26(35)33(25)23-9-5-19(28)15-29-23/h2-9,14-15H,10-13,16H2,1H3. The van der Waals surface area contributed by atoms with E-state index >= 15 is 0 Å². The van der Waals surface area contributed by atoms with Crippen molar-refractivity contribution in [2.24, 2.45) is 0 Å². The molecule has 0 spiro atoms. The molecule has 0 radical (unpaired) electrons. The summed E-state index contributed by atoms with van der Waals surface area (Å²) in [5.41, 5.74) is 1.65. The van der Waals surface area contributed by atoms with E-state index in [1.807, 2.05) is 24.3 Å². The van der Waals surface area contributed by atoms with Gasteiger partial charge in [0.1, 0.15) is 11.6 Å². The minimum atomic E-state index is -0.297. The van der Waals surface area contributed by atoms with Crippen LogP contribution in [0, 0.1) is 0 Å². The zero-order valence-electron chi connectivity index (χ0n) is 19.5. The summed E-state index contributed by atoms with van der Waals surface area (Å²) in [5.74, 6) is 0.793. The van der Waals surface area contributed by atoms with Crippen molar-refractivity contribution >= 4 is 45.7 Å². The molecule has 0 atom stereocenters. The summed E-state index contributed by atoms with van der Waals surface area (Å²) >= 11 is 12.2. The van der Waals surface area contributed by atoms with Gasteiger partial charge in [-0.3, -0.25) is 14.5 Å². The molecular weight excluding hydrogens is 501 g/mol. The molecule has 184 valence electrons. The third-order valence-electron chi connectivity index (χ3n) is 6.12. The lowest BCUT2D eigenvalue weighted by molar-refractivity contribution is -0.120. The Morgan fingerprint density at radius 1 is 1.03 bits per heavy atom. The second-order valence-corrected chi connectivity index (χ2v) is 9.33. The first kappa shape index (κ1) is 24.4. The molecule has 0 saturated carbocycles. The van der Waals surface area contributed by atoms with Crippen LogP contribution in [0.1, 0.15) is 0 Å². The van der Waals surface area contributed by atoms with Crippen molar-refractivity contribution < 1.29 is 9.53 Å². The summed E-state index contributed by atoms with van der Waals surface area (Å²) in [6.45, 7) is 3.10. The van der Waals surface area contributed by atoms with Gasteiger partial charge in [0.25, 0.3) is 5.56 Å². The molecular formula is C26H23Cl2N5O3. The zero-order chi connectivity index (χ0) is 25.2. The van der Waals surface area contributed by atoms with Gasteiger partial charge in [-0.1, -0.05) is 23.2 Å². The molecule has 2 aromatic carbocycles. The van der Waals surface area contributed by atoms with Crippen molar-refractivity contribution in [1.29, 1.82) is 0 Å². The largest absolute Gasteiger partial charge is 0.379 e. The lowest BCUT2D eigenvalue weighted by Crippen LogP contribution is -2.43. The predicted molar refractivity (Wildman–Crippen MR) is 141 cm³/mol. The lowest BCUT2D eigenvalue weighted by atomic mass is 10.1. The second kappa shape index (κ2) is 10.4. The summed E-state index contributed by atoms with van der Waals surface area (Å²) < 4.78 is 6.80. The smallest absolute Gasteiger partial charge is 0.267 e. The lowest BCUT2D eigenvalue weighted by Gasteiger charge is -2.28. The Labute approximate surface area is 217 Å². The van der Waals surface area contributed by atoms with E-state index in [0.717, 1.165) is 18.8 Å². The van der Waals surface area contributed by atoms with Gasteiger partial charge in [0.05, 0.1) is 35.7 Å². The van der Waals surface area contributed by atoms with Gasteiger partial charge in [-0.15, -0.1) is 0 Å². The van der Waals surface area contributed by atoms with Crippen LogP contribution in [0.3, 0.4) is 0 Å².